The van der Waals surface area contributed by atoms with E-state index in [1.165, 1.54) is 18.2 Å². The molecular formula is C17H11ClF3NO2S. The third kappa shape index (κ3) is 3.72. The molecule has 1 heterocycles. The fraction of sp³-hybridized carbons (Fsp3) is 0.118. The van der Waals surface area contributed by atoms with E-state index in [4.69, 9.17) is 11.6 Å². The predicted molar refractivity (Wildman–Crippen MR) is 91.1 cm³/mol. The first-order valence-corrected chi connectivity index (χ1v) is 8.30. The molecule has 0 bridgehead atoms. The summed E-state index contributed by atoms with van der Waals surface area (Å²) in [6.07, 6.45) is -4.46. The highest BCUT2D eigenvalue weighted by molar-refractivity contribution is 7.21. The van der Waals surface area contributed by atoms with E-state index in [1.807, 2.05) is 0 Å². The van der Waals surface area contributed by atoms with Gasteiger partial charge in [0.2, 0.25) is 0 Å². The number of alkyl halides is 3. The van der Waals surface area contributed by atoms with Crippen LogP contribution in [0.2, 0.25) is 5.02 Å². The Labute approximate surface area is 149 Å². The molecule has 0 radical (unpaired) electrons. The van der Waals surface area contributed by atoms with Gasteiger partial charge in [-0.1, -0.05) is 29.8 Å². The van der Waals surface area contributed by atoms with Crippen LogP contribution < -0.4 is 5.32 Å². The van der Waals surface area contributed by atoms with Crippen LogP contribution >= 0.6 is 22.9 Å². The normalized spacial score (nSPS) is 11.7. The molecule has 1 amide bonds. The van der Waals surface area contributed by atoms with Gasteiger partial charge in [-0.3, -0.25) is 4.79 Å². The lowest BCUT2D eigenvalue weighted by molar-refractivity contribution is -0.137. The molecule has 2 N–H and O–H groups in total. The van der Waals surface area contributed by atoms with Crippen molar-refractivity contribution in [2.45, 2.75) is 12.7 Å². The zero-order valence-electron chi connectivity index (χ0n) is 12.5. The summed E-state index contributed by atoms with van der Waals surface area (Å²) in [5.41, 5.74) is -0.102. The molecule has 0 spiro atoms. The summed E-state index contributed by atoms with van der Waals surface area (Å²) < 4.78 is 38.7. The molecule has 3 aromatic rings. The van der Waals surface area contributed by atoms with Crippen LogP contribution in [0, 0.1) is 0 Å². The van der Waals surface area contributed by atoms with Gasteiger partial charge in [0, 0.05) is 16.6 Å². The van der Waals surface area contributed by atoms with Crippen molar-refractivity contribution in [1.82, 2.24) is 5.32 Å². The van der Waals surface area contributed by atoms with E-state index < -0.39 is 17.6 Å². The first kappa shape index (κ1) is 17.6. The fourth-order valence-electron chi connectivity index (χ4n) is 2.32. The minimum atomic E-state index is -4.46. The van der Waals surface area contributed by atoms with Crippen molar-refractivity contribution in [3.8, 4) is 5.75 Å². The average Bonchev–Trinajstić information content (AvgIpc) is 2.88. The molecule has 130 valence electrons. The molecule has 1 aromatic heterocycles. The molecule has 0 aliphatic rings. The number of amides is 1. The number of benzene rings is 2. The van der Waals surface area contributed by atoms with Crippen molar-refractivity contribution in [1.29, 1.82) is 0 Å². The summed E-state index contributed by atoms with van der Waals surface area (Å²) >= 11 is 7.06. The molecule has 3 rings (SSSR count). The lowest BCUT2D eigenvalue weighted by Crippen LogP contribution is -2.22. The van der Waals surface area contributed by atoms with Gasteiger partial charge in [-0.05, 0) is 29.8 Å². The van der Waals surface area contributed by atoms with Crippen molar-refractivity contribution >= 4 is 38.9 Å². The van der Waals surface area contributed by atoms with Crippen molar-refractivity contribution in [2.75, 3.05) is 0 Å². The first-order valence-electron chi connectivity index (χ1n) is 7.11. The molecule has 0 aliphatic heterocycles. The van der Waals surface area contributed by atoms with E-state index in [0.717, 1.165) is 23.5 Å². The summed E-state index contributed by atoms with van der Waals surface area (Å²) in [5, 5.41) is 12.6. The van der Waals surface area contributed by atoms with Gasteiger partial charge in [0.25, 0.3) is 5.91 Å². The zero-order valence-corrected chi connectivity index (χ0v) is 14.1. The minimum absolute atomic E-state index is 0.0753. The SMILES string of the molecule is O=C(NCc1cccc(O)c1)c1sc2cc(C(F)(F)F)ccc2c1Cl. The number of rotatable bonds is 3. The summed E-state index contributed by atoms with van der Waals surface area (Å²) in [6, 6.07) is 9.56. The second-order valence-electron chi connectivity index (χ2n) is 5.31. The predicted octanol–water partition coefficient (Wildman–Crippen LogP) is 5.21. The standard InChI is InChI=1S/C17H11ClF3NO2S/c18-14-12-5-4-10(17(19,20)21)7-13(12)25-15(14)16(24)22-8-9-2-1-3-11(23)6-9/h1-7,23H,8H2,(H,22,24). The maximum absolute atomic E-state index is 12.8. The van der Waals surface area contributed by atoms with E-state index in [0.29, 0.717) is 15.6 Å². The number of hydrogen-bond acceptors (Lipinski definition) is 3. The Balaban J connectivity index is 1.85. The van der Waals surface area contributed by atoms with E-state index in [1.54, 1.807) is 12.1 Å². The van der Waals surface area contributed by atoms with Gasteiger partial charge in [0.05, 0.1) is 10.6 Å². The molecule has 0 saturated carbocycles. The molecule has 0 aliphatic carbocycles. The number of aromatic hydroxyl groups is 1. The van der Waals surface area contributed by atoms with Crippen LogP contribution in [0.5, 0.6) is 5.75 Å². The van der Waals surface area contributed by atoms with Gasteiger partial charge < -0.3 is 10.4 Å². The van der Waals surface area contributed by atoms with Gasteiger partial charge in [0.1, 0.15) is 10.6 Å². The number of hydrogen-bond donors (Lipinski definition) is 2. The average molecular weight is 386 g/mol. The number of halogens is 4. The van der Waals surface area contributed by atoms with Gasteiger partial charge in [-0.2, -0.15) is 13.2 Å². The number of fused-ring (bicyclic) bond motifs is 1. The minimum Gasteiger partial charge on any atom is -0.508 e. The Morgan fingerprint density at radius 3 is 2.64 bits per heavy atom. The van der Waals surface area contributed by atoms with Crippen molar-refractivity contribution in [3.63, 3.8) is 0 Å². The zero-order chi connectivity index (χ0) is 18.2. The van der Waals surface area contributed by atoms with Crippen LogP contribution in [-0.4, -0.2) is 11.0 Å². The number of phenolic OH excluding ortho intramolecular Hbond substituents is 1. The topological polar surface area (TPSA) is 49.3 Å². The third-order valence-corrected chi connectivity index (χ3v) is 5.18. The molecule has 0 fully saturated rings. The van der Waals surface area contributed by atoms with Crippen LogP contribution in [0.25, 0.3) is 10.1 Å². The third-order valence-electron chi connectivity index (χ3n) is 3.53. The summed E-state index contributed by atoms with van der Waals surface area (Å²) in [7, 11) is 0. The first-order chi connectivity index (χ1) is 11.8. The Kier molecular flexibility index (Phi) is 4.62. The van der Waals surface area contributed by atoms with E-state index in [-0.39, 0.29) is 22.2 Å². The molecule has 0 atom stereocenters. The Morgan fingerprint density at radius 1 is 1.20 bits per heavy atom. The summed E-state index contributed by atoms with van der Waals surface area (Å²) in [5.74, 6) is -0.408. The van der Waals surface area contributed by atoms with Crippen LogP contribution in [0.3, 0.4) is 0 Å². The number of phenols is 1. The monoisotopic (exact) mass is 385 g/mol. The Morgan fingerprint density at radius 2 is 1.96 bits per heavy atom. The van der Waals surface area contributed by atoms with Gasteiger partial charge in [-0.15, -0.1) is 11.3 Å². The number of thiophene rings is 1. The Bertz CT molecular complexity index is 953. The lowest BCUT2D eigenvalue weighted by Gasteiger charge is -2.05. The molecule has 2 aromatic carbocycles. The highest BCUT2D eigenvalue weighted by atomic mass is 35.5. The van der Waals surface area contributed by atoms with Gasteiger partial charge in [-0.25, -0.2) is 0 Å². The maximum Gasteiger partial charge on any atom is 0.416 e. The quantitative estimate of drug-likeness (QED) is 0.650. The van der Waals surface area contributed by atoms with Crippen LogP contribution in [-0.2, 0) is 12.7 Å². The van der Waals surface area contributed by atoms with Crippen molar-refractivity contribution in [3.05, 3.63) is 63.5 Å². The van der Waals surface area contributed by atoms with Crippen molar-refractivity contribution in [2.24, 2.45) is 0 Å². The molecule has 0 unspecified atom stereocenters. The molecule has 8 heteroatoms. The van der Waals surface area contributed by atoms with Crippen LogP contribution in [0.15, 0.2) is 42.5 Å². The molecule has 25 heavy (non-hydrogen) atoms. The smallest absolute Gasteiger partial charge is 0.416 e. The summed E-state index contributed by atoms with van der Waals surface area (Å²) in [6.45, 7) is 0.158. The van der Waals surface area contributed by atoms with E-state index in [9.17, 15) is 23.1 Å². The van der Waals surface area contributed by atoms with Crippen molar-refractivity contribution < 1.29 is 23.1 Å². The summed E-state index contributed by atoms with van der Waals surface area (Å²) in [4.78, 5) is 12.5. The Hall–Kier alpha value is -2.25. The second kappa shape index (κ2) is 6.57. The van der Waals surface area contributed by atoms with E-state index in [2.05, 4.69) is 5.32 Å². The maximum atomic E-state index is 12.8. The molecule has 3 nitrogen and oxygen atoms in total. The lowest BCUT2D eigenvalue weighted by atomic mass is 10.1. The fourth-order valence-corrected chi connectivity index (χ4v) is 3.79. The number of carbonyl (C=O) groups excluding carboxylic acids is 1. The van der Waals surface area contributed by atoms with E-state index >= 15 is 0 Å². The highest BCUT2D eigenvalue weighted by Gasteiger charge is 2.31. The van der Waals surface area contributed by atoms with Gasteiger partial charge in [0.15, 0.2) is 0 Å². The molecular weight excluding hydrogens is 375 g/mol. The van der Waals surface area contributed by atoms with Crippen LogP contribution in [0.1, 0.15) is 20.8 Å². The number of carbonyl (C=O) groups is 1. The number of nitrogens with one attached hydrogen (secondary N) is 1. The highest BCUT2D eigenvalue weighted by Crippen LogP contribution is 2.39. The van der Waals surface area contributed by atoms with Crippen LogP contribution in [0.4, 0.5) is 13.2 Å². The largest absolute Gasteiger partial charge is 0.508 e. The van der Waals surface area contributed by atoms with Gasteiger partial charge >= 0.3 is 6.18 Å². The molecule has 0 saturated heterocycles. The second-order valence-corrected chi connectivity index (χ2v) is 6.74.